The largest absolute Gasteiger partial charge is 0.370 e. The average molecular weight is 393 g/mol. The lowest BCUT2D eigenvalue weighted by atomic mass is 9.85. The first-order valence-electron chi connectivity index (χ1n) is 6.75. The summed E-state index contributed by atoms with van der Waals surface area (Å²) in [6.07, 6.45) is 2.21. The summed E-state index contributed by atoms with van der Waals surface area (Å²) in [6.45, 7) is 7.70. The van der Waals surface area contributed by atoms with E-state index < -0.39 is 0 Å². The van der Waals surface area contributed by atoms with E-state index in [2.05, 4.69) is 31.1 Å². The summed E-state index contributed by atoms with van der Waals surface area (Å²) in [5, 5.41) is 3.08. The molecule has 3 nitrogen and oxygen atoms in total. The number of hydrogen-bond donors (Lipinski definition) is 2. The molecule has 1 rings (SSSR count). The fourth-order valence-electron chi connectivity index (χ4n) is 1.72. The van der Waals surface area contributed by atoms with E-state index in [9.17, 15) is 4.39 Å². The van der Waals surface area contributed by atoms with Crippen molar-refractivity contribution < 1.29 is 4.39 Å². The number of guanidine groups is 1. The van der Waals surface area contributed by atoms with Gasteiger partial charge < -0.3 is 11.1 Å². The first kappa shape index (κ1) is 19.1. The molecule has 0 saturated heterocycles. The summed E-state index contributed by atoms with van der Waals surface area (Å²) in [6, 6.07) is 6.55. The number of nitrogens with one attached hydrogen (secondary N) is 1. The van der Waals surface area contributed by atoms with Gasteiger partial charge in [-0.05, 0) is 24.1 Å². The number of benzene rings is 1. The molecule has 0 aliphatic heterocycles. The van der Waals surface area contributed by atoms with Crippen LogP contribution in [0.1, 0.15) is 39.2 Å². The lowest BCUT2D eigenvalue weighted by Gasteiger charge is -2.23. The van der Waals surface area contributed by atoms with Gasteiger partial charge in [0, 0.05) is 12.0 Å². The van der Waals surface area contributed by atoms with E-state index >= 15 is 0 Å². The fourth-order valence-corrected chi connectivity index (χ4v) is 1.72. The van der Waals surface area contributed by atoms with Gasteiger partial charge in [0.15, 0.2) is 5.96 Å². The number of rotatable bonds is 6. The Kier molecular flexibility index (Phi) is 8.76. The van der Waals surface area contributed by atoms with Crippen molar-refractivity contribution in [3.8, 4) is 0 Å². The molecule has 0 atom stereocenters. The summed E-state index contributed by atoms with van der Waals surface area (Å²) in [7, 11) is 0. The van der Waals surface area contributed by atoms with E-state index in [1.807, 2.05) is 0 Å². The molecular weight excluding hydrogens is 368 g/mol. The minimum Gasteiger partial charge on any atom is -0.370 e. The molecule has 0 fully saturated rings. The third kappa shape index (κ3) is 6.54. The lowest BCUT2D eigenvalue weighted by Crippen LogP contribution is -2.34. The summed E-state index contributed by atoms with van der Waals surface area (Å²) in [5.41, 5.74) is 6.70. The first-order valence-corrected chi connectivity index (χ1v) is 6.75. The van der Waals surface area contributed by atoms with E-state index in [1.54, 1.807) is 12.1 Å². The van der Waals surface area contributed by atoms with Gasteiger partial charge >= 0.3 is 0 Å². The van der Waals surface area contributed by atoms with Crippen LogP contribution in [0.15, 0.2) is 29.3 Å². The summed E-state index contributed by atoms with van der Waals surface area (Å²) < 4.78 is 12.9. The molecule has 3 N–H and O–H groups in total. The van der Waals surface area contributed by atoms with E-state index in [0.29, 0.717) is 12.5 Å². The van der Waals surface area contributed by atoms with Gasteiger partial charge in [0.05, 0.1) is 6.54 Å². The highest BCUT2D eigenvalue weighted by Crippen LogP contribution is 2.23. The van der Waals surface area contributed by atoms with Gasteiger partial charge in [-0.2, -0.15) is 0 Å². The molecule has 1 aromatic rings. The molecule has 1 aromatic carbocycles. The predicted molar refractivity (Wildman–Crippen MR) is 94.2 cm³/mol. The average Bonchev–Trinajstić information content (AvgIpc) is 2.37. The zero-order valence-electron chi connectivity index (χ0n) is 12.4. The van der Waals surface area contributed by atoms with Crippen molar-refractivity contribution in [2.45, 2.75) is 39.0 Å². The third-order valence-electron chi connectivity index (χ3n) is 3.11. The van der Waals surface area contributed by atoms with Gasteiger partial charge in [-0.3, -0.25) is 4.99 Å². The SMILES string of the molecule is CCCCNC(N)=NCC(C)(C)c1ccc(F)cc1.I. The quantitative estimate of drug-likeness (QED) is 0.337. The Morgan fingerprint density at radius 3 is 2.45 bits per heavy atom. The van der Waals surface area contributed by atoms with E-state index in [0.717, 1.165) is 24.9 Å². The van der Waals surface area contributed by atoms with Gasteiger partial charge in [-0.1, -0.05) is 39.3 Å². The summed E-state index contributed by atoms with van der Waals surface area (Å²) in [4.78, 5) is 4.36. The second kappa shape index (κ2) is 9.15. The molecular formula is C15H25FIN3. The standard InChI is InChI=1S/C15H24FN3.HI/c1-4-5-10-18-14(17)19-11-15(2,3)12-6-8-13(16)9-7-12;/h6-9H,4-5,10-11H2,1-3H3,(H3,17,18,19);1H. The molecule has 0 spiro atoms. The number of halogens is 2. The van der Waals surface area contributed by atoms with Crippen LogP contribution in [-0.4, -0.2) is 19.0 Å². The molecule has 0 aromatic heterocycles. The molecule has 5 heteroatoms. The Hall–Kier alpha value is -0.850. The highest BCUT2D eigenvalue weighted by Gasteiger charge is 2.20. The van der Waals surface area contributed by atoms with E-state index in [4.69, 9.17) is 5.73 Å². The van der Waals surface area contributed by atoms with Crippen LogP contribution in [0.4, 0.5) is 4.39 Å². The van der Waals surface area contributed by atoms with Crippen LogP contribution in [0.5, 0.6) is 0 Å². The minimum absolute atomic E-state index is 0. The van der Waals surface area contributed by atoms with Crippen LogP contribution in [0, 0.1) is 5.82 Å². The van der Waals surface area contributed by atoms with Gasteiger partial charge in [0.25, 0.3) is 0 Å². The number of aliphatic imine (C=N–C) groups is 1. The molecule has 0 amide bonds. The number of hydrogen-bond acceptors (Lipinski definition) is 1. The van der Waals surface area contributed by atoms with Crippen LogP contribution in [0.3, 0.4) is 0 Å². The molecule has 0 saturated carbocycles. The second-order valence-electron chi connectivity index (χ2n) is 5.37. The van der Waals surface area contributed by atoms with Crippen molar-refractivity contribution in [3.05, 3.63) is 35.6 Å². The van der Waals surface area contributed by atoms with Crippen LogP contribution >= 0.6 is 24.0 Å². The molecule has 114 valence electrons. The van der Waals surface area contributed by atoms with Crippen molar-refractivity contribution in [3.63, 3.8) is 0 Å². The fraction of sp³-hybridized carbons (Fsp3) is 0.533. The lowest BCUT2D eigenvalue weighted by molar-refractivity contribution is 0.535. The minimum atomic E-state index is -0.219. The number of nitrogens with two attached hydrogens (primary N) is 1. The van der Waals surface area contributed by atoms with E-state index in [-0.39, 0.29) is 35.2 Å². The van der Waals surface area contributed by atoms with Crippen LogP contribution in [0.2, 0.25) is 0 Å². The van der Waals surface area contributed by atoms with Crippen LogP contribution < -0.4 is 11.1 Å². The van der Waals surface area contributed by atoms with Crippen molar-refractivity contribution >= 4 is 29.9 Å². The van der Waals surface area contributed by atoms with Crippen molar-refractivity contribution in [2.75, 3.05) is 13.1 Å². The zero-order valence-corrected chi connectivity index (χ0v) is 14.8. The Morgan fingerprint density at radius 2 is 1.90 bits per heavy atom. The Labute approximate surface area is 138 Å². The molecule has 0 unspecified atom stereocenters. The summed E-state index contributed by atoms with van der Waals surface area (Å²) in [5.74, 6) is 0.257. The maximum absolute atomic E-state index is 12.9. The monoisotopic (exact) mass is 393 g/mol. The summed E-state index contributed by atoms with van der Waals surface area (Å²) >= 11 is 0. The maximum Gasteiger partial charge on any atom is 0.188 e. The van der Waals surface area contributed by atoms with Crippen molar-refractivity contribution in [1.29, 1.82) is 0 Å². The van der Waals surface area contributed by atoms with Gasteiger partial charge in [0.2, 0.25) is 0 Å². The number of unbranched alkanes of at least 4 members (excludes halogenated alkanes) is 1. The molecule has 0 heterocycles. The number of nitrogens with zero attached hydrogens (tertiary/aromatic N) is 1. The van der Waals surface area contributed by atoms with Crippen LogP contribution in [-0.2, 0) is 5.41 Å². The van der Waals surface area contributed by atoms with Gasteiger partial charge in [0.1, 0.15) is 5.82 Å². The Morgan fingerprint density at radius 1 is 1.30 bits per heavy atom. The van der Waals surface area contributed by atoms with E-state index in [1.165, 1.54) is 12.1 Å². The van der Waals surface area contributed by atoms with Crippen molar-refractivity contribution in [1.82, 2.24) is 5.32 Å². The highest BCUT2D eigenvalue weighted by atomic mass is 127. The maximum atomic E-state index is 12.9. The third-order valence-corrected chi connectivity index (χ3v) is 3.11. The van der Waals surface area contributed by atoms with Gasteiger partial charge in [-0.25, -0.2) is 4.39 Å². The Balaban J connectivity index is 0.00000361. The van der Waals surface area contributed by atoms with Crippen LogP contribution in [0.25, 0.3) is 0 Å². The van der Waals surface area contributed by atoms with Crippen molar-refractivity contribution in [2.24, 2.45) is 10.7 Å². The zero-order chi connectivity index (χ0) is 14.3. The predicted octanol–water partition coefficient (Wildman–Crippen LogP) is 3.43. The second-order valence-corrected chi connectivity index (χ2v) is 5.37. The smallest absolute Gasteiger partial charge is 0.188 e. The van der Waals surface area contributed by atoms with Gasteiger partial charge in [-0.15, -0.1) is 24.0 Å². The molecule has 0 bridgehead atoms. The Bertz CT molecular complexity index is 416. The molecule has 20 heavy (non-hydrogen) atoms. The first-order chi connectivity index (χ1) is 8.95. The molecule has 0 aliphatic rings. The molecule has 0 radical (unpaired) electrons. The molecule has 0 aliphatic carbocycles. The topological polar surface area (TPSA) is 50.4 Å². The highest BCUT2D eigenvalue weighted by molar-refractivity contribution is 14.0. The normalized spacial score (nSPS) is 11.9.